The molecule has 1 aliphatic carbocycles. The van der Waals surface area contributed by atoms with E-state index in [4.69, 9.17) is 9.47 Å². The van der Waals surface area contributed by atoms with Gasteiger partial charge in [0.1, 0.15) is 18.2 Å². The van der Waals surface area contributed by atoms with Crippen molar-refractivity contribution in [1.29, 1.82) is 0 Å². The third kappa shape index (κ3) is 4.27. The summed E-state index contributed by atoms with van der Waals surface area (Å²) >= 11 is 0. The van der Waals surface area contributed by atoms with Gasteiger partial charge in [-0.1, -0.05) is 48.5 Å². The lowest BCUT2D eigenvalue weighted by molar-refractivity contribution is -0.0893. The van der Waals surface area contributed by atoms with Crippen LogP contribution in [0.2, 0.25) is 0 Å². The summed E-state index contributed by atoms with van der Waals surface area (Å²) in [6.45, 7) is 2.54. The Labute approximate surface area is 216 Å². The van der Waals surface area contributed by atoms with Crippen LogP contribution >= 0.6 is 0 Å². The van der Waals surface area contributed by atoms with Gasteiger partial charge in [0.15, 0.2) is 0 Å². The molecule has 1 N–H and O–H groups in total. The molecule has 3 aromatic carbocycles. The SMILES string of the molecule is CCOc1cc(F)cc(C2(O)CC3CCCC(C2)N3C(=O)OCC2c3ccccc3-c3ccccc32)c1. The van der Waals surface area contributed by atoms with E-state index in [1.807, 2.05) is 36.1 Å². The summed E-state index contributed by atoms with van der Waals surface area (Å²) in [7, 11) is 0. The van der Waals surface area contributed by atoms with Crippen molar-refractivity contribution >= 4 is 6.09 Å². The van der Waals surface area contributed by atoms with E-state index in [-0.39, 0.29) is 30.7 Å². The van der Waals surface area contributed by atoms with Crippen molar-refractivity contribution in [3.63, 3.8) is 0 Å². The second-order valence-electron chi connectivity index (χ2n) is 10.5. The third-order valence-electron chi connectivity index (χ3n) is 8.27. The second kappa shape index (κ2) is 9.49. The van der Waals surface area contributed by atoms with Crippen LogP contribution in [0.4, 0.5) is 9.18 Å². The van der Waals surface area contributed by atoms with Crippen LogP contribution in [0.1, 0.15) is 61.6 Å². The molecule has 2 saturated heterocycles. The second-order valence-corrected chi connectivity index (χ2v) is 10.5. The molecule has 2 heterocycles. The van der Waals surface area contributed by atoms with Gasteiger partial charge in [-0.15, -0.1) is 0 Å². The summed E-state index contributed by atoms with van der Waals surface area (Å²) in [4.78, 5) is 15.3. The average molecular weight is 502 g/mol. The Kier molecular flexibility index (Phi) is 6.15. The Balaban J connectivity index is 1.20. The summed E-state index contributed by atoms with van der Waals surface area (Å²) in [5, 5.41) is 11.7. The Bertz CT molecular complexity index is 1260. The molecular formula is C31H32FNO4. The molecule has 2 bridgehead atoms. The minimum Gasteiger partial charge on any atom is -0.494 e. The summed E-state index contributed by atoms with van der Waals surface area (Å²) in [6.07, 6.45) is 2.94. The van der Waals surface area contributed by atoms with E-state index in [9.17, 15) is 14.3 Å². The molecule has 2 fully saturated rings. The topological polar surface area (TPSA) is 59.0 Å². The van der Waals surface area contributed by atoms with E-state index in [0.29, 0.717) is 30.8 Å². The number of aliphatic hydroxyl groups is 1. The van der Waals surface area contributed by atoms with Crippen molar-refractivity contribution in [1.82, 2.24) is 4.90 Å². The fourth-order valence-electron chi connectivity index (χ4n) is 6.71. The number of fused-ring (bicyclic) bond motifs is 5. The van der Waals surface area contributed by atoms with Crippen molar-refractivity contribution in [2.75, 3.05) is 13.2 Å². The summed E-state index contributed by atoms with van der Waals surface area (Å²) < 4.78 is 25.9. The van der Waals surface area contributed by atoms with Gasteiger partial charge < -0.3 is 19.5 Å². The molecule has 2 atom stereocenters. The predicted molar refractivity (Wildman–Crippen MR) is 139 cm³/mol. The maximum absolute atomic E-state index is 14.4. The van der Waals surface area contributed by atoms with Crippen LogP contribution in [0, 0.1) is 5.82 Å². The summed E-state index contributed by atoms with van der Waals surface area (Å²) in [6, 6.07) is 20.7. The molecule has 6 heteroatoms. The Hall–Kier alpha value is -3.38. The molecule has 2 unspecified atom stereocenters. The Morgan fingerprint density at radius 2 is 1.62 bits per heavy atom. The quantitative estimate of drug-likeness (QED) is 0.441. The normalized spacial score (nSPS) is 24.4. The molecule has 2 aliphatic heterocycles. The van der Waals surface area contributed by atoms with Crippen molar-refractivity contribution in [2.24, 2.45) is 0 Å². The highest BCUT2D eigenvalue weighted by Crippen LogP contribution is 2.47. The van der Waals surface area contributed by atoms with Crippen LogP contribution in [-0.4, -0.2) is 41.4 Å². The first-order valence-electron chi connectivity index (χ1n) is 13.3. The third-order valence-corrected chi connectivity index (χ3v) is 8.27. The molecule has 5 nitrogen and oxygen atoms in total. The Morgan fingerprint density at radius 3 is 2.24 bits per heavy atom. The first-order chi connectivity index (χ1) is 18.0. The van der Waals surface area contributed by atoms with E-state index in [2.05, 4.69) is 24.3 Å². The van der Waals surface area contributed by atoms with Crippen molar-refractivity contribution in [2.45, 2.75) is 62.6 Å². The van der Waals surface area contributed by atoms with E-state index in [0.717, 1.165) is 19.3 Å². The zero-order valence-corrected chi connectivity index (χ0v) is 21.0. The maximum atomic E-state index is 14.4. The highest BCUT2D eigenvalue weighted by molar-refractivity contribution is 5.79. The minimum absolute atomic E-state index is 0.00203. The molecule has 0 spiro atoms. The van der Waals surface area contributed by atoms with Crippen molar-refractivity contribution < 1.29 is 23.8 Å². The highest BCUT2D eigenvalue weighted by Gasteiger charge is 2.49. The number of ether oxygens (including phenoxy) is 2. The number of carbonyl (C=O) groups is 1. The number of carbonyl (C=O) groups excluding carboxylic acids is 1. The minimum atomic E-state index is -1.22. The molecule has 0 radical (unpaired) electrons. The number of hydrogen-bond acceptors (Lipinski definition) is 4. The van der Waals surface area contributed by atoms with E-state index in [1.165, 1.54) is 34.4 Å². The number of benzene rings is 3. The molecule has 37 heavy (non-hydrogen) atoms. The van der Waals surface area contributed by atoms with Gasteiger partial charge in [0.25, 0.3) is 0 Å². The number of halogens is 1. The number of piperidine rings is 2. The number of rotatable bonds is 5. The number of amides is 1. The monoisotopic (exact) mass is 501 g/mol. The van der Waals surface area contributed by atoms with Crippen molar-refractivity contribution in [3.8, 4) is 16.9 Å². The van der Waals surface area contributed by atoms with Gasteiger partial charge in [-0.2, -0.15) is 0 Å². The predicted octanol–water partition coefficient (Wildman–Crippen LogP) is 6.38. The van der Waals surface area contributed by atoms with Crippen LogP contribution in [0.5, 0.6) is 5.75 Å². The lowest BCUT2D eigenvalue weighted by Crippen LogP contribution is -2.59. The first-order valence-corrected chi connectivity index (χ1v) is 13.3. The van der Waals surface area contributed by atoms with Gasteiger partial charge >= 0.3 is 6.09 Å². The fraction of sp³-hybridized carbons (Fsp3) is 0.387. The van der Waals surface area contributed by atoms with Crippen LogP contribution in [0.25, 0.3) is 11.1 Å². The number of hydrogen-bond donors (Lipinski definition) is 1. The average Bonchev–Trinajstić information content (AvgIpc) is 3.20. The van der Waals surface area contributed by atoms with Gasteiger partial charge in [-0.25, -0.2) is 9.18 Å². The van der Waals surface area contributed by atoms with Crippen molar-refractivity contribution in [3.05, 3.63) is 89.2 Å². The highest BCUT2D eigenvalue weighted by atomic mass is 19.1. The summed E-state index contributed by atoms with van der Waals surface area (Å²) in [5.41, 5.74) is 4.05. The van der Waals surface area contributed by atoms with Crippen LogP contribution in [-0.2, 0) is 10.3 Å². The van der Waals surface area contributed by atoms with Gasteiger partial charge in [0.2, 0.25) is 0 Å². The zero-order chi connectivity index (χ0) is 25.6. The molecule has 0 aromatic heterocycles. The van der Waals surface area contributed by atoms with Crippen LogP contribution in [0.15, 0.2) is 66.7 Å². The first kappa shape index (κ1) is 24.0. The molecule has 1 amide bonds. The number of nitrogens with zero attached hydrogens (tertiary/aromatic N) is 1. The largest absolute Gasteiger partial charge is 0.494 e. The fourth-order valence-corrected chi connectivity index (χ4v) is 6.71. The molecule has 6 rings (SSSR count). The molecule has 3 aromatic rings. The summed E-state index contributed by atoms with van der Waals surface area (Å²) in [5.74, 6) is -0.0178. The lowest BCUT2D eigenvalue weighted by Gasteiger charge is -2.51. The Morgan fingerprint density at radius 1 is 1.00 bits per heavy atom. The van der Waals surface area contributed by atoms with E-state index in [1.54, 1.807) is 6.07 Å². The van der Waals surface area contributed by atoms with E-state index >= 15 is 0 Å². The smallest absolute Gasteiger partial charge is 0.410 e. The van der Waals surface area contributed by atoms with Gasteiger partial charge in [0, 0.05) is 36.9 Å². The standard InChI is InChI=1S/C31H32FNO4/c1-2-36-24-15-20(14-21(32)16-24)31(35)17-22-8-7-9-23(18-31)33(22)30(34)37-19-29-27-12-5-3-10-25(27)26-11-4-6-13-28(26)29/h3-6,10-16,22-23,29,35H,2,7-9,17-19H2,1H3. The molecular weight excluding hydrogens is 469 g/mol. The molecule has 0 saturated carbocycles. The van der Waals surface area contributed by atoms with Gasteiger partial charge in [0.05, 0.1) is 12.2 Å². The maximum Gasteiger partial charge on any atom is 0.410 e. The lowest BCUT2D eigenvalue weighted by atomic mass is 9.72. The van der Waals surface area contributed by atoms with Crippen LogP contribution in [0.3, 0.4) is 0 Å². The van der Waals surface area contributed by atoms with E-state index < -0.39 is 11.4 Å². The van der Waals surface area contributed by atoms with Crippen LogP contribution < -0.4 is 4.74 Å². The molecule has 192 valence electrons. The van der Waals surface area contributed by atoms with Gasteiger partial charge in [-0.3, -0.25) is 0 Å². The molecule has 3 aliphatic rings. The zero-order valence-electron chi connectivity index (χ0n) is 21.0. The van der Waals surface area contributed by atoms with Gasteiger partial charge in [-0.05, 0) is 66.1 Å².